The van der Waals surface area contributed by atoms with Gasteiger partial charge >= 0.3 is 5.69 Å². The third-order valence-electron chi connectivity index (χ3n) is 6.30. The molecule has 1 fully saturated rings. The third-order valence-corrected chi connectivity index (χ3v) is 6.30. The summed E-state index contributed by atoms with van der Waals surface area (Å²) < 4.78 is 2.31. The van der Waals surface area contributed by atoms with Crippen LogP contribution in [0.3, 0.4) is 0 Å². The van der Waals surface area contributed by atoms with Gasteiger partial charge in [-0.3, -0.25) is 28.4 Å². The molecule has 2 heterocycles. The van der Waals surface area contributed by atoms with Crippen LogP contribution in [-0.4, -0.2) is 51.4 Å². The minimum atomic E-state index is -0.685. The van der Waals surface area contributed by atoms with Gasteiger partial charge in [-0.1, -0.05) is 57.5 Å². The molecule has 3 N–H and O–H groups in total. The Labute approximate surface area is 205 Å². The van der Waals surface area contributed by atoms with E-state index >= 15 is 0 Å². The zero-order valence-electron chi connectivity index (χ0n) is 21.2. The normalized spacial score (nSPS) is 16.7. The Bertz CT molecular complexity index is 1180. The van der Waals surface area contributed by atoms with Crippen molar-refractivity contribution in [1.29, 1.82) is 0 Å². The highest BCUT2D eigenvalue weighted by atomic mass is 16.2. The smallest absolute Gasteiger partial charge is 0.332 e. The number of piperidine rings is 1. The van der Waals surface area contributed by atoms with Crippen molar-refractivity contribution in [1.82, 2.24) is 19.4 Å². The van der Waals surface area contributed by atoms with Gasteiger partial charge in [0.1, 0.15) is 11.4 Å². The minimum Gasteiger partial charge on any atom is -0.384 e. The van der Waals surface area contributed by atoms with Gasteiger partial charge in [-0.2, -0.15) is 0 Å². The molecule has 3 rings (SSSR count). The Morgan fingerprint density at radius 1 is 1.09 bits per heavy atom. The molecule has 1 saturated heterocycles. The lowest BCUT2D eigenvalue weighted by Crippen LogP contribution is -2.53. The second kappa shape index (κ2) is 11.0. The highest BCUT2D eigenvalue weighted by Crippen LogP contribution is 2.19. The summed E-state index contributed by atoms with van der Waals surface area (Å²) in [7, 11) is 0. The average Bonchev–Trinajstić information content (AvgIpc) is 2.81. The summed E-state index contributed by atoms with van der Waals surface area (Å²) in [5.41, 5.74) is 5.63. The van der Waals surface area contributed by atoms with Crippen molar-refractivity contribution in [2.75, 3.05) is 25.4 Å². The zero-order valence-corrected chi connectivity index (χ0v) is 21.2. The molecular formula is C26H37N5O4. The summed E-state index contributed by atoms with van der Waals surface area (Å²) in [5.74, 6) is -0.725. The van der Waals surface area contributed by atoms with E-state index in [0.29, 0.717) is 19.5 Å². The minimum absolute atomic E-state index is 0.0584. The number of amides is 1. The molecule has 0 saturated carbocycles. The zero-order chi connectivity index (χ0) is 25.8. The fraction of sp³-hybridized carbons (Fsp3) is 0.538. The summed E-state index contributed by atoms with van der Waals surface area (Å²) in [5, 5.41) is 2.99. The van der Waals surface area contributed by atoms with Gasteiger partial charge in [0.05, 0.1) is 19.1 Å². The van der Waals surface area contributed by atoms with Crippen molar-refractivity contribution in [2.45, 2.75) is 66.1 Å². The maximum Gasteiger partial charge on any atom is 0.332 e. The molecule has 0 spiro atoms. The van der Waals surface area contributed by atoms with Crippen LogP contribution >= 0.6 is 0 Å². The van der Waals surface area contributed by atoms with Crippen molar-refractivity contribution in [3.8, 4) is 0 Å². The molecule has 190 valence electrons. The van der Waals surface area contributed by atoms with Gasteiger partial charge in [-0.25, -0.2) is 4.79 Å². The largest absolute Gasteiger partial charge is 0.384 e. The maximum absolute atomic E-state index is 13.4. The molecular weight excluding hydrogens is 446 g/mol. The predicted molar refractivity (Wildman–Crippen MR) is 137 cm³/mol. The van der Waals surface area contributed by atoms with Crippen LogP contribution in [0.4, 0.5) is 5.82 Å². The monoisotopic (exact) mass is 483 g/mol. The Morgan fingerprint density at radius 2 is 1.77 bits per heavy atom. The van der Waals surface area contributed by atoms with Crippen LogP contribution in [0.25, 0.3) is 0 Å². The van der Waals surface area contributed by atoms with Crippen LogP contribution in [0, 0.1) is 5.41 Å². The van der Waals surface area contributed by atoms with E-state index in [1.165, 1.54) is 4.57 Å². The van der Waals surface area contributed by atoms with Crippen LogP contribution in [0.2, 0.25) is 0 Å². The third kappa shape index (κ3) is 6.28. The van der Waals surface area contributed by atoms with Gasteiger partial charge < -0.3 is 11.1 Å². The predicted octanol–water partition coefficient (Wildman–Crippen LogP) is 1.86. The van der Waals surface area contributed by atoms with E-state index in [0.717, 1.165) is 23.0 Å². The van der Waals surface area contributed by atoms with Crippen LogP contribution in [0.5, 0.6) is 0 Å². The van der Waals surface area contributed by atoms with Gasteiger partial charge in [0.25, 0.3) is 5.56 Å². The molecule has 0 aliphatic carbocycles. The molecule has 2 aromatic rings. The molecule has 0 bridgehead atoms. The van der Waals surface area contributed by atoms with Crippen molar-refractivity contribution in [3.63, 3.8) is 0 Å². The molecule has 1 atom stereocenters. The number of rotatable bonds is 8. The van der Waals surface area contributed by atoms with Crippen molar-refractivity contribution in [3.05, 3.63) is 62.3 Å². The first-order valence-corrected chi connectivity index (χ1v) is 12.3. The van der Waals surface area contributed by atoms with Gasteiger partial charge in [0, 0.05) is 13.1 Å². The number of anilines is 1. The lowest BCUT2D eigenvalue weighted by atomic mass is 9.96. The summed E-state index contributed by atoms with van der Waals surface area (Å²) in [6.45, 7) is 9.07. The number of nitrogen functional groups attached to an aromatic ring is 1. The van der Waals surface area contributed by atoms with Crippen LogP contribution in [-0.2, 0) is 17.9 Å². The fourth-order valence-corrected chi connectivity index (χ4v) is 4.39. The molecule has 35 heavy (non-hydrogen) atoms. The lowest BCUT2D eigenvalue weighted by Gasteiger charge is -2.34. The SMILES string of the molecule is CCn1c(=O)c(C(=O)CN2CCCC[C@@H]2C(=O)NCC(C)(C)C)c(N)n(Cc2ccccc2)c1=O. The Balaban J connectivity index is 1.91. The first-order chi connectivity index (χ1) is 16.5. The van der Waals surface area contributed by atoms with Crippen LogP contribution in [0.15, 0.2) is 39.9 Å². The van der Waals surface area contributed by atoms with Crippen molar-refractivity contribution in [2.24, 2.45) is 5.41 Å². The Kier molecular flexibility index (Phi) is 8.32. The molecule has 9 nitrogen and oxygen atoms in total. The summed E-state index contributed by atoms with van der Waals surface area (Å²) in [6, 6.07) is 8.82. The van der Waals surface area contributed by atoms with Crippen LogP contribution < -0.4 is 22.3 Å². The highest BCUT2D eigenvalue weighted by molar-refractivity contribution is 6.01. The van der Waals surface area contributed by atoms with E-state index in [1.807, 2.05) is 56.0 Å². The van der Waals surface area contributed by atoms with Gasteiger partial charge in [-0.15, -0.1) is 0 Å². The van der Waals surface area contributed by atoms with Gasteiger partial charge in [0.2, 0.25) is 5.91 Å². The first-order valence-electron chi connectivity index (χ1n) is 12.3. The lowest BCUT2D eigenvalue weighted by molar-refractivity contribution is -0.127. The molecule has 1 aliphatic rings. The van der Waals surface area contributed by atoms with E-state index < -0.39 is 23.1 Å². The Hall–Kier alpha value is -3.20. The number of nitrogens with one attached hydrogen (secondary N) is 1. The van der Waals surface area contributed by atoms with Crippen LogP contribution in [0.1, 0.15) is 62.9 Å². The second-order valence-electron chi connectivity index (χ2n) is 10.3. The molecule has 0 radical (unpaired) electrons. The standard InChI is InChI=1S/C26H37N5O4/c1-5-30-24(34)21(22(27)31(25(30)35)15-18-11-7-6-8-12-18)20(32)16-29-14-10-9-13-19(29)23(33)28-17-26(2,3)4/h6-8,11-12,19H,5,9-10,13-17,27H2,1-4H3,(H,28,33)/t19-/m1/s1. The number of Topliss-reactive ketones (excluding diaryl/α,β-unsaturated/α-hetero) is 1. The summed E-state index contributed by atoms with van der Waals surface area (Å²) in [6.07, 6.45) is 2.40. The molecule has 1 aliphatic heterocycles. The fourth-order valence-electron chi connectivity index (χ4n) is 4.39. The van der Waals surface area contributed by atoms with Gasteiger partial charge in [0.15, 0.2) is 5.78 Å². The maximum atomic E-state index is 13.4. The topological polar surface area (TPSA) is 119 Å². The molecule has 1 amide bonds. The van der Waals surface area contributed by atoms with Crippen molar-refractivity contribution < 1.29 is 9.59 Å². The number of nitrogens with two attached hydrogens (primary N) is 1. The summed E-state index contributed by atoms with van der Waals surface area (Å²) in [4.78, 5) is 54.3. The molecule has 1 aromatic heterocycles. The average molecular weight is 484 g/mol. The number of likely N-dealkylation sites (tertiary alicyclic amines) is 1. The van der Waals surface area contributed by atoms with E-state index in [1.54, 1.807) is 6.92 Å². The number of carbonyl (C=O) groups excluding carboxylic acids is 2. The van der Waals surface area contributed by atoms with E-state index in [9.17, 15) is 19.2 Å². The Morgan fingerprint density at radius 3 is 2.40 bits per heavy atom. The molecule has 1 aromatic carbocycles. The van der Waals surface area contributed by atoms with E-state index in [2.05, 4.69) is 5.32 Å². The number of hydrogen-bond donors (Lipinski definition) is 2. The molecule has 9 heteroatoms. The van der Waals surface area contributed by atoms with Gasteiger partial charge in [-0.05, 0) is 37.3 Å². The number of carbonyl (C=O) groups is 2. The highest BCUT2D eigenvalue weighted by Gasteiger charge is 2.32. The number of ketones is 1. The number of aromatic nitrogens is 2. The quantitative estimate of drug-likeness (QED) is 0.553. The first kappa shape index (κ1) is 26.4. The van der Waals surface area contributed by atoms with Crippen molar-refractivity contribution >= 4 is 17.5 Å². The summed E-state index contributed by atoms with van der Waals surface area (Å²) >= 11 is 0. The number of hydrogen-bond acceptors (Lipinski definition) is 6. The van der Waals surface area contributed by atoms with E-state index in [4.69, 9.17) is 5.73 Å². The number of benzene rings is 1. The second-order valence-corrected chi connectivity index (χ2v) is 10.3. The molecule has 0 unspecified atom stereocenters. The number of nitrogens with zero attached hydrogens (tertiary/aromatic N) is 3. The van der Waals surface area contributed by atoms with E-state index in [-0.39, 0.29) is 42.3 Å².